The normalized spacial score (nSPS) is 27.0. The van der Waals surface area contributed by atoms with Gasteiger partial charge in [-0.2, -0.15) is 5.10 Å². The minimum atomic E-state index is -0.891. The predicted molar refractivity (Wildman–Crippen MR) is 116 cm³/mol. The Morgan fingerprint density at radius 3 is 2.66 bits per heavy atom. The number of halogens is 2. The molecule has 1 aliphatic carbocycles. The molecule has 150 valence electrons. The lowest BCUT2D eigenvalue weighted by Crippen LogP contribution is -2.56. The Morgan fingerprint density at radius 1 is 1.17 bits per heavy atom. The van der Waals surface area contributed by atoms with Gasteiger partial charge < -0.3 is 9.84 Å². The average Bonchev–Trinajstić information content (AvgIpc) is 3.09. The van der Waals surface area contributed by atoms with Gasteiger partial charge in [0.15, 0.2) is 0 Å². The number of benzene rings is 2. The molecule has 2 aromatic rings. The molecule has 6 heteroatoms. The molecule has 1 spiro atoms. The molecule has 2 atom stereocenters. The van der Waals surface area contributed by atoms with Crippen molar-refractivity contribution >= 4 is 28.9 Å². The molecule has 0 saturated carbocycles. The van der Waals surface area contributed by atoms with E-state index >= 15 is 0 Å². The van der Waals surface area contributed by atoms with Gasteiger partial charge in [-0.25, -0.2) is 5.01 Å². The quantitative estimate of drug-likeness (QED) is 0.563. The van der Waals surface area contributed by atoms with Gasteiger partial charge in [0, 0.05) is 35.9 Å². The summed E-state index contributed by atoms with van der Waals surface area (Å²) in [5, 5.41) is 18.6. The highest BCUT2D eigenvalue weighted by atomic mass is 35.5. The number of ether oxygens (including phenoxy) is 1. The fraction of sp³-hybridized carbons (Fsp3) is 0.348. The highest BCUT2D eigenvalue weighted by Gasteiger charge is 2.54. The van der Waals surface area contributed by atoms with Gasteiger partial charge in [-0.3, -0.25) is 0 Å². The molecule has 2 aromatic carbocycles. The van der Waals surface area contributed by atoms with Gasteiger partial charge in [-0.15, -0.1) is 0 Å². The largest absolute Gasteiger partial charge is 0.512 e. The van der Waals surface area contributed by atoms with E-state index in [1.54, 1.807) is 12.1 Å². The molecule has 1 N–H and O–H groups in total. The molecule has 3 aliphatic rings. The highest BCUT2D eigenvalue weighted by molar-refractivity contribution is 6.35. The first-order chi connectivity index (χ1) is 13.8. The van der Waals surface area contributed by atoms with Gasteiger partial charge in [0.25, 0.3) is 0 Å². The van der Waals surface area contributed by atoms with Crippen LogP contribution < -0.4 is 4.74 Å². The van der Waals surface area contributed by atoms with Crippen LogP contribution in [0.4, 0.5) is 0 Å². The van der Waals surface area contributed by atoms with E-state index in [0.717, 1.165) is 16.8 Å². The Kier molecular flexibility index (Phi) is 4.17. The maximum atomic E-state index is 10.6. The van der Waals surface area contributed by atoms with Gasteiger partial charge in [-0.1, -0.05) is 67.4 Å². The SMILES string of the molecule is CC1(C)CC(O)=C[C@]2(C1)Oc1c(Cl)cc(Cl)cc1[C@@H]1CC(c3ccccc3)=NN12. The van der Waals surface area contributed by atoms with Crippen molar-refractivity contribution in [2.45, 2.75) is 44.9 Å². The van der Waals surface area contributed by atoms with E-state index in [-0.39, 0.29) is 11.5 Å². The molecule has 2 aliphatic heterocycles. The Morgan fingerprint density at radius 2 is 1.93 bits per heavy atom. The Bertz CT molecular complexity index is 1050. The summed E-state index contributed by atoms with van der Waals surface area (Å²) in [7, 11) is 0. The molecule has 0 saturated heterocycles. The van der Waals surface area contributed by atoms with Crippen LogP contribution in [0.1, 0.15) is 50.3 Å². The summed E-state index contributed by atoms with van der Waals surface area (Å²) in [6.45, 7) is 4.26. The standard InChI is InChI=1S/C23H22Cl2N2O2/c1-22(2)11-16(28)12-23(13-22)27-20(10-19(26-27)14-6-4-3-5-7-14)17-8-15(24)9-18(25)21(17)29-23/h3-9,12,20,28H,10-11,13H2,1-2H3/t20-,23+/m0/s1. The van der Waals surface area contributed by atoms with Crippen LogP contribution in [-0.4, -0.2) is 21.6 Å². The van der Waals surface area contributed by atoms with E-state index in [1.807, 2.05) is 29.3 Å². The van der Waals surface area contributed by atoms with Crippen molar-refractivity contribution < 1.29 is 9.84 Å². The zero-order valence-corrected chi connectivity index (χ0v) is 17.8. The number of allylic oxidation sites excluding steroid dienone is 1. The fourth-order valence-electron chi connectivity index (χ4n) is 4.88. The second-order valence-corrected chi connectivity index (χ2v) is 9.73. The van der Waals surface area contributed by atoms with Crippen molar-refractivity contribution in [3.63, 3.8) is 0 Å². The van der Waals surface area contributed by atoms with Crippen LogP contribution in [0.25, 0.3) is 0 Å². The second kappa shape index (κ2) is 6.41. The molecule has 0 unspecified atom stereocenters. The van der Waals surface area contributed by atoms with E-state index in [1.165, 1.54) is 0 Å². The molecule has 0 aromatic heterocycles. The lowest BCUT2D eigenvalue weighted by atomic mass is 9.75. The fourth-order valence-corrected chi connectivity index (χ4v) is 5.43. The first kappa shape index (κ1) is 18.8. The summed E-state index contributed by atoms with van der Waals surface area (Å²) in [6.07, 6.45) is 3.81. The molecule has 0 radical (unpaired) electrons. The Labute approximate surface area is 180 Å². The van der Waals surface area contributed by atoms with Crippen LogP contribution in [-0.2, 0) is 0 Å². The predicted octanol–water partition coefficient (Wildman–Crippen LogP) is 6.50. The van der Waals surface area contributed by atoms with Crippen LogP contribution in [0.3, 0.4) is 0 Å². The molecule has 4 nitrogen and oxygen atoms in total. The minimum absolute atomic E-state index is 0.0666. The molecule has 0 fully saturated rings. The number of hydrazone groups is 1. The maximum absolute atomic E-state index is 10.6. The van der Waals surface area contributed by atoms with E-state index in [9.17, 15) is 5.11 Å². The monoisotopic (exact) mass is 428 g/mol. The van der Waals surface area contributed by atoms with E-state index in [4.69, 9.17) is 33.0 Å². The van der Waals surface area contributed by atoms with Crippen molar-refractivity contribution in [2.24, 2.45) is 10.5 Å². The van der Waals surface area contributed by atoms with E-state index in [2.05, 4.69) is 26.0 Å². The number of hydrogen-bond acceptors (Lipinski definition) is 4. The number of fused-ring (bicyclic) bond motifs is 4. The molecule has 5 rings (SSSR count). The second-order valence-electron chi connectivity index (χ2n) is 8.88. The molecular weight excluding hydrogens is 407 g/mol. The van der Waals surface area contributed by atoms with Gasteiger partial charge in [0.2, 0.25) is 5.72 Å². The average molecular weight is 429 g/mol. The lowest BCUT2D eigenvalue weighted by molar-refractivity contribution is -0.115. The molecule has 0 bridgehead atoms. The third-order valence-electron chi connectivity index (χ3n) is 5.86. The van der Waals surface area contributed by atoms with Crippen LogP contribution in [0.2, 0.25) is 10.0 Å². The van der Waals surface area contributed by atoms with Crippen molar-refractivity contribution in [1.29, 1.82) is 0 Å². The van der Waals surface area contributed by atoms with Gasteiger partial charge in [0.05, 0.1) is 22.5 Å². The lowest BCUT2D eigenvalue weighted by Gasteiger charge is -2.51. The zero-order valence-electron chi connectivity index (χ0n) is 16.3. The number of nitrogens with zero attached hydrogens (tertiary/aromatic N) is 2. The molecule has 2 heterocycles. The number of aliphatic hydroxyl groups is 1. The zero-order chi connectivity index (χ0) is 20.4. The Hall–Kier alpha value is -2.17. The molecular formula is C23H22Cl2N2O2. The number of aliphatic hydroxyl groups excluding tert-OH is 1. The first-order valence-electron chi connectivity index (χ1n) is 9.77. The van der Waals surface area contributed by atoms with Gasteiger partial charge >= 0.3 is 0 Å². The summed E-state index contributed by atoms with van der Waals surface area (Å²) in [4.78, 5) is 0. The van der Waals surface area contributed by atoms with Crippen molar-refractivity contribution in [2.75, 3.05) is 0 Å². The third kappa shape index (κ3) is 3.10. The van der Waals surface area contributed by atoms with Crippen molar-refractivity contribution in [1.82, 2.24) is 5.01 Å². The summed E-state index contributed by atoms with van der Waals surface area (Å²) >= 11 is 12.9. The molecule has 29 heavy (non-hydrogen) atoms. The minimum Gasteiger partial charge on any atom is -0.512 e. The third-order valence-corrected chi connectivity index (χ3v) is 6.36. The summed E-state index contributed by atoms with van der Waals surface area (Å²) in [5.74, 6) is 0.945. The first-order valence-corrected chi connectivity index (χ1v) is 10.5. The molecule has 0 amide bonds. The van der Waals surface area contributed by atoms with E-state index < -0.39 is 5.72 Å². The van der Waals surface area contributed by atoms with Crippen LogP contribution in [0.15, 0.2) is 59.4 Å². The van der Waals surface area contributed by atoms with Crippen LogP contribution >= 0.6 is 23.2 Å². The smallest absolute Gasteiger partial charge is 0.221 e. The van der Waals surface area contributed by atoms with Crippen LogP contribution in [0.5, 0.6) is 5.75 Å². The van der Waals surface area contributed by atoms with Gasteiger partial charge in [-0.05, 0) is 23.1 Å². The van der Waals surface area contributed by atoms with Gasteiger partial charge in [0.1, 0.15) is 5.75 Å². The van der Waals surface area contributed by atoms with Crippen LogP contribution in [0, 0.1) is 5.41 Å². The maximum Gasteiger partial charge on any atom is 0.221 e. The Balaban J connectivity index is 1.70. The van der Waals surface area contributed by atoms with E-state index in [0.29, 0.717) is 40.8 Å². The van der Waals surface area contributed by atoms with Crippen molar-refractivity contribution in [3.8, 4) is 5.75 Å². The summed E-state index contributed by atoms with van der Waals surface area (Å²) in [6, 6.07) is 13.7. The summed E-state index contributed by atoms with van der Waals surface area (Å²) in [5.41, 5.74) is 1.95. The highest BCUT2D eigenvalue weighted by Crippen LogP contribution is 2.55. The topological polar surface area (TPSA) is 45.1 Å². The van der Waals surface area contributed by atoms with Crippen molar-refractivity contribution in [3.05, 3.63) is 75.5 Å². The number of hydrogen-bond donors (Lipinski definition) is 1. The summed E-state index contributed by atoms with van der Waals surface area (Å²) < 4.78 is 6.54. The number of rotatable bonds is 1.